The van der Waals surface area contributed by atoms with Crippen LogP contribution in [0.3, 0.4) is 0 Å². The summed E-state index contributed by atoms with van der Waals surface area (Å²) in [7, 11) is -0.811. The summed E-state index contributed by atoms with van der Waals surface area (Å²) >= 11 is 0. The van der Waals surface area contributed by atoms with Gasteiger partial charge in [-0.25, -0.2) is 9.97 Å². The molecule has 1 atom stereocenters. The second-order valence-electron chi connectivity index (χ2n) is 2.49. The molecule has 0 aliphatic carbocycles. The molecule has 0 aliphatic heterocycles. The Kier molecular flexibility index (Phi) is 3.34. The van der Waals surface area contributed by atoms with E-state index in [9.17, 15) is 4.21 Å². The van der Waals surface area contributed by atoms with Gasteiger partial charge >= 0.3 is 0 Å². The average molecular weight is 184 g/mol. The summed E-state index contributed by atoms with van der Waals surface area (Å²) in [5, 5.41) is 0. The van der Waals surface area contributed by atoms with Gasteiger partial charge in [-0.05, 0) is 13.0 Å². The Balaban J connectivity index is 2.69. The molecule has 0 aliphatic rings. The lowest BCUT2D eigenvalue weighted by Crippen LogP contribution is -2.02. The van der Waals surface area contributed by atoms with Gasteiger partial charge in [-0.2, -0.15) is 0 Å². The maximum Gasteiger partial charge on any atom is 0.140 e. The van der Waals surface area contributed by atoms with Crippen LogP contribution >= 0.6 is 0 Å². The molecule has 66 valence electrons. The van der Waals surface area contributed by atoms with Crippen molar-refractivity contribution in [2.75, 3.05) is 5.75 Å². The lowest BCUT2D eigenvalue weighted by atomic mass is 10.4. The second kappa shape index (κ2) is 4.30. The molecule has 0 fully saturated rings. The molecular formula is C8H12N2OS. The van der Waals surface area contributed by atoms with E-state index in [-0.39, 0.29) is 0 Å². The fourth-order valence-electron chi connectivity index (χ4n) is 0.816. The van der Waals surface area contributed by atoms with Crippen LogP contribution in [0.4, 0.5) is 0 Å². The highest BCUT2D eigenvalue weighted by Crippen LogP contribution is 1.97. The molecule has 1 aromatic heterocycles. The predicted molar refractivity (Wildman–Crippen MR) is 49.2 cm³/mol. The van der Waals surface area contributed by atoms with Crippen molar-refractivity contribution < 1.29 is 4.21 Å². The molecule has 1 unspecified atom stereocenters. The van der Waals surface area contributed by atoms with Gasteiger partial charge in [0.1, 0.15) is 5.82 Å². The largest absolute Gasteiger partial charge is 0.259 e. The number of aromatic nitrogens is 2. The van der Waals surface area contributed by atoms with Crippen LogP contribution in [-0.2, 0) is 16.6 Å². The molecule has 1 heterocycles. The van der Waals surface area contributed by atoms with Gasteiger partial charge in [0.25, 0.3) is 0 Å². The summed E-state index contributed by atoms with van der Waals surface area (Å²) in [4.78, 5) is 8.18. The van der Waals surface area contributed by atoms with E-state index in [4.69, 9.17) is 0 Å². The summed E-state index contributed by atoms with van der Waals surface area (Å²) < 4.78 is 11.1. The van der Waals surface area contributed by atoms with Gasteiger partial charge in [0.05, 0.1) is 5.75 Å². The zero-order valence-corrected chi connectivity index (χ0v) is 8.10. The predicted octanol–water partition coefficient (Wildman–Crippen LogP) is 1.05. The first kappa shape index (κ1) is 9.32. The lowest BCUT2D eigenvalue weighted by molar-refractivity contribution is 0.682. The monoisotopic (exact) mass is 184 g/mol. The first-order chi connectivity index (χ1) is 5.72. The van der Waals surface area contributed by atoms with Crippen LogP contribution in [0.15, 0.2) is 12.3 Å². The minimum absolute atomic E-state index is 0.470. The van der Waals surface area contributed by atoms with Gasteiger partial charge in [-0.3, -0.25) is 4.21 Å². The van der Waals surface area contributed by atoms with Crippen molar-refractivity contribution in [2.45, 2.75) is 19.6 Å². The fourth-order valence-corrected chi connectivity index (χ4v) is 1.45. The molecule has 4 heteroatoms. The van der Waals surface area contributed by atoms with Crippen LogP contribution in [0.25, 0.3) is 0 Å². The molecule has 3 nitrogen and oxygen atoms in total. The van der Waals surface area contributed by atoms with E-state index in [0.29, 0.717) is 17.3 Å². The van der Waals surface area contributed by atoms with Crippen molar-refractivity contribution in [3.63, 3.8) is 0 Å². The van der Waals surface area contributed by atoms with Gasteiger partial charge in [0.15, 0.2) is 0 Å². The van der Waals surface area contributed by atoms with Gasteiger partial charge in [0.2, 0.25) is 0 Å². The molecule has 0 saturated carbocycles. The van der Waals surface area contributed by atoms with Crippen LogP contribution < -0.4 is 0 Å². The smallest absolute Gasteiger partial charge is 0.140 e. The summed E-state index contributed by atoms with van der Waals surface area (Å²) in [6.45, 7) is 3.80. The van der Waals surface area contributed by atoms with Crippen molar-refractivity contribution >= 4 is 10.8 Å². The normalized spacial score (nSPS) is 12.8. The number of aryl methyl sites for hydroxylation is 1. The SMILES string of the molecule is CCS(=O)Cc1nccc(C)n1. The maximum atomic E-state index is 11.1. The molecular weight excluding hydrogens is 172 g/mol. The number of hydrogen-bond donors (Lipinski definition) is 0. The quantitative estimate of drug-likeness (QED) is 0.705. The van der Waals surface area contributed by atoms with Crippen molar-refractivity contribution in [3.8, 4) is 0 Å². The first-order valence-corrected chi connectivity index (χ1v) is 5.34. The molecule has 1 aromatic rings. The molecule has 0 saturated heterocycles. The summed E-state index contributed by atoms with van der Waals surface area (Å²) in [6, 6.07) is 1.83. The molecule has 0 radical (unpaired) electrons. The molecule has 0 amide bonds. The van der Waals surface area contributed by atoms with Crippen LogP contribution in [0.5, 0.6) is 0 Å². The lowest BCUT2D eigenvalue weighted by Gasteiger charge is -1.98. The Bertz CT molecular complexity index is 288. The molecule has 0 bridgehead atoms. The van der Waals surface area contributed by atoms with Crippen LogP contribution in [-0.4, -0.2) is 19.9 Å². The minimum atomic E-state index is -0.811. The Morgan fingerprint density at radius 3 is 2.92 bits per heavy atom. The van der Waals surface area contributed by atoms with Crippen molar-refractivity contribution in [1.29, 1.82) is 0 Å². The fraction of sp³-hybridized carbons (Fsp3) is 0.500. The summed E-state index contributed by atoms with van der Waals surface area (Å²) in [6.07, 6.45) is 1.70. The van der Waals surface area contributed by atoms with E-state index in [2.05, 4.69) is 9.97 Å². The maximum absolute atomic E-state index is 11.1. The second-order valence-corrected chi connectivity index (χ2v) is 4.23. The number of nitrogens with zero attached hydrogens (tertiary/aromatic N) is 2. The topological polar surface area (TPSA) is 42.9 Å². The third kappa shape index (κ3) is 2.70. The summed E-state index contributed by atoms with van der Waals surface area (Å²) in [5.41, 5.74) is 0.924. The number of hydrogen-bond acceptors (Lipinski definition) is 3. The standard InChI is InChI=1S/C8H12N2OS/c1-3-12(11)6-8-9-5-4-7(2)10-8/h4-5H,3,6H2,1-2H3. The molecule has 0 aromatic carbocycles. The van der Waals surface area contributed by atoms with E-state index in [0.717, 1.165) is 5.69 Å². The minimum Gasteiger partial charge on any atom is -0.259 e. The Labute approximate surface area is 74.7 Å². The van der Waals surface area contributed by atoms with E-state index in [1.807, 2.05) is 19.9 Å². The third-order valence-corrected chi connectivity index (χ3v) is 2.68. The highest BCUT2D eigenvalue weighted by Gasteiger charge is 2.01. The van der Waals surface area contributed by atoms with E-state index in [1.54, 1.807) is 6.20 Å². The van der Waals surface area contributed by atoms with Gasteiger partial charge in [0, 0.05) is 28.4 Å². The van der Waals surface area contributed by atoms with E-state index < -0.39 is 10.8 Å². The zero-order valence-electron chi connectivity index (χ0n) is 7.28. The van der Waals surface area contributed by atoms with E-state index in [1.165, 1.54) is 0 Å². The highest BCUT2D eigenvalue weighted by atomic mass is 32.2. The van der Waals surface area contributed by atoms with Gasteiger partial charge in [-0.1, -0.05) is 6.92 Å². The van der Waals surface area contributed by atoms with Gasteiger partial charge < -0.3 is 0 Å². The first-order valence-electron chi connectivity index (χ1n) is 3.86. The highest BCUT2D eigenvalue weighted by molar-refractivity contribution is 7.84. The molecule has 0 N–H and O–H groups in total. The van der Waals surface area contributed by atoms with Crippen molar-refractivity contribution in [2.24, 2.45) is 0 Å². The Morgan fingerprint density at radius 2 is 2.33 bits per heavy atom. The zero-order chi connectivity index (χ0) is 8.97. The van der Waals surface area contributed by atoms with Crippen LogP contribution in [0.2, 0.25) is 0 Å². The number of rotatable bonds is 3. The van der Waals surface area contributed by atoms with Gasteiger partial charge in [-0.15, -0.1) is 0 Å². The van der Waals surface area contributed by atoms with E-state index >= 15 is 0 Å². The van der Waals surface area contributed by atoms with Crippen LogP contribution in [0.1, 0.15) is 18.4 Å². The molecule has 12 heavy (non-hydrogen) atoms. The average Bonchev–Trinajstić information content (AvgIpc) is 2.04. The Morgan fingerprint density at radius 1 is 1.58 bits per heavy atom. The van der Waals surface area contributed by atoms with Crippen molar-refractivity contribution in [3.05, 3.63) is 23.8 Å². The molecule has 1 rings (SSSR count). The molecule has 0 spiro atoms. The Hall–Kier alpha value is -0.770. The summed E-state index contributed by atoms with van der Waals surface area (Å²) in [5.74, 6) is 1.81. The third-order valence-electron chi connectivity index (χ3n) is 1.46. The van der Waals surface area contributed by atoms with Crippen molar-refractivity contribution in [1.82, 2.24) is 9.97 Å². The van der Waals surface area contributed by atoms with Crippen LogP contribution in [0, 0.1) is 6.92 Å².